The highest BCUT2D eigenvalue weighted by Gasteiger charge is 2.41. The highest BCUT2D eigenvalue weighted by molar-refractivity contribution is 5.98. The quantitative estimate of drug-likeness (QED) is 0.505. The Labute approximate surface area is 216 Å². The molecule has 2 aromatic heterocycles. The lowest BCUT2D eigenvalue weighted by molar-refractivity contribution is 0.0690. The van der Waals surface area contributed by atoms with Gasteiger partial charge in [-0.1, -0.05) is 6.42 Å². The van der Waals surface area contributed by atoms with Gasteiger partial charge in [-0.2, -0.15) is 5.10 Å². The zero-order valence-electron chi connectivity index (χ0n) is 21.2. The molecule has 7 nitrogen and oxygen atoms in total. The Kier molecular flexibility index (Phi) is 5.50. The normalized spacial score (nSPS) is 22.5. The average molecular weight is 504 g/mol. The number of piperidine rings is 2. The largest absolute Gasteiger partial charge is 0.477 e. The maximum atomic E-state index is 13.7. The number of anilines is 1. The number of nitrogens with zero attached hydrogens (tertiary/aromatic N) is 5. The van der Waals surface area contributed by atoms with Crippen LogP contribution in [0.5, 0.6) is 0 Å². The van der Waals surface area contributed by atoms with Crippen LogP contribution in [0.2, 0.25) is 0 Å². The first-order valence-corrected chi connectivity index (χ1v) is 13.9. The molecule has 0 atom stereocenters. The van der Waals surface area contributed by atoms with Gasteiger partial charge < -0.3 is 14.9 Å². The topological polar surface area (TPSA) is 74.5 Å². The van der Waals surface area contributed by atoms with E-state index >= 15 is 0 Å². The number of fused-ring (bicyclic) bond motifs is 1. The lowest BCUT2D eigenvalue weighted by Crippen LogP contribution is -2.47. The molecule has 2 aliphatic carbocycles. The Bertz CT molecular complexity index is 1330. The molecule has 8 heteroatoms. The van der Waals surface area contributed by atoms with Crippen molar-refractivity contribution in [3.05, 3.63) is 47.5 Å². The van der Waals surface area contributed by atoms with Gasteiger partial charge in [0.25, 0.3) is 0 Å². The SMILES string of the molecule is O=C(O)c1cc(N2CCC3(CC2)CCN(C2CC2)CC3)c2c(C3CCC3)nn(-c3ccc(F)cc3)c2n1. The lowest BCUT2D eigenvalue weighted by atomic mass is 9.71. The monoisotopic (exact) mass is 503 g/mol. The lowest BCUT2D eigenvalue weighted by Gasteiger charge is -2.47. The molecule has 1 aromatic carbocycles. The minimum Gasteiger partial charge on any atom is -0.477 e. The molecule has 2 aliphatic heterocycles. The standard InChI is InChI=1S/C29H34FN5O2/c30-20-4-6-22(7-5-20)35-27-25(26(32-35)19-2-1-3-19)24(18-23(31-27)28(36)37)34-16-12-29(13-17-34)10-14-33(15-11-29)21-8-9-21/h4-7,18-19,21H,1-3,8-17H2,(H,36,37). The summed E-state index contributed by atoms with van der Waals surface area (Å²) < 4.78 is 15.4. The number of aromatic carboxylic acids is 1. The van der Waals surface area contributed by atoms with E-state index < -0.39 is 5.97 Å². The van der Waals surface area contributed by atoms with Crippen molar-refractivity contribution in [3.63, 3.8) is 0 Å². The third-order valence-electron chi connectivity index (χ3n) is 9.51. The number of carboxylic acid groups (broad SMARTS) is 1. The fourth-order valence-electron chi connectivity index (χ4n) is 6.74. The summed E-state index contributed by atoms with van der Waals surface area (Å²) in [6.07, 6.45) is 10.9. The van der Waals surface area contributed by atoms with Crippen LogP contribution in [0, 0.1) is 11.2 Å². The third-order valence-corrected chi connectivity index (χ3v) is 9.51. The first-order chi connectivity index (χ1) is 18.0. The molecule has 4 fully saturated rings. The molecule has 2 saturated carbocycles. The number of carboxylic acids is 1. The molecule has 194 valence electrons. The van der Waals surface area contributed by atoms with E-state index in [0.717, 1.165) is 61.6 Å². The third kappa shape index (κ3) is 4.10. The van der Waals surface area contributed by atoms with Crippen LogP contribution in [0.3, 0.4) is 0 Å². The van der Waals surface area contributed by atoms with Crippen molar-refractivity contribution in [2.45, 2.75) is 69.7 Å². The second-order valence-corrected chi connectivity index (χ2v) is 11.7. The molecular formula is C29H34FN5O2. The fourth-order valence-corrected chi connectivity index (χ4v) is 6.74. The van der Waals surface area contributed by atoms with Gasteiger partial charge in [-0.25, -0.2) is 18.9 Å². The molecule has 1 N–H and O–H groups in total. The van der Waals surface area contributed by atoms with Crippen LogP contribution in [0.1, 0.15) is 79.9 Å². The molecule has 3 aromatic rings. The molecule has 7 rings (SSSR count). The van der Waals surface area contributed by atoms with Crippen molar-refractivity contribution in [1.82, 2.24) is 19.7 Å². The zero-order valence-corrected chi connectivity index (χ0v) is 21.2. The van der Waals surface area contributed by atoms with Crippen molar-refractivity contribution in [3.8, 4) is 5.69 Å². The van der Waals surface area contributed by atoms with Gasteiger partial charge in [-0.3, -0.25) is 0 Å². The molecule has 37 heavy (non-hydrogen) atoms. The van der Waals surface area contributed by atoms with Crippen molar-refractivity contribution in [2.75, 3.05) is 31.1 Å². The second-order valence-electron chi connectivity index (χ2n) is 11.7. The van der Waals surface area contributed by atoms with Gasteiger partial charge in [0.15, 0.2) is 11.3 Å². The Morgan fingerprint density at radius 1 is 0.973 bits per heavy atom. The Balaban J connectivity index is 1.26. The van der Waals surface area contributed by atoms with E-state index in [1.54, 1.807) is 22.9 Å². The maximum Gasteiger partial charge on any atom is 0.354 e. The average Bonchev–Trinajstić information content (AvgIpc) is 3.66. The molecule has 2 saturated heterocycles. The van der Waals surface area contributed by atoms with E-state index in [0.29, 0.717) is 22.7 Å². The minimum absolute atomic E-state index is 0.0314. The number of likely N-dealkylation sites (tertiary alicyclic amines) is 1. The van der Waals surface area contributed by atoms with Gasteiger partial charge in [0.05, 0.1) is 22.5 Å². The molecule has 4 heterocycles. The highest BCUT2D eigenvalue weighted by atomic mass is 19.1. The predicted octanol–water partition coefficient (Wildman–Crippen LogP) is 5.37. The van der Waals surface area contributed by atoms with Gasteiger partial charge in [0.1, 0.15) is 5.82 Å². The first-order valence-electron chi connectivity index (χ1n) is 13.9. The van der Waals surface area contributed by atoms with Crippen LogP contribution in [0.4, 0.5) is 10.1 Å². The van der Waals surface area contributed by atoms with Crippen LogP contribution in [-0.2, 0) is 0 Å². The molecule has 0 radical (unpaired) electrons. The van der Waals surface area contributed by atoms with Crippen LogP contribution in [0.15, 0.2) is 30.3 Å². The smallest absolute Gasteiger partial charge is 0.354 e. The van der Waals surface area contributed by atoms with Crippen molar-refractivity contribution in [2.24, 2.45) is 5.41 Å². The van der Waals surface area contributed by atoms with Gasteiger partial charge in [0.2, 0.25) is 0 Å². The van der Waals surface area contributed by atoms with E-state index in [4.69, 9.17) is 5.10 Å². The number of hydrogen-bond donors (Lipinski definition) is 1. The number of carbonyl (C=O) groups is 1. The van der Waals surface area contributed by atoms with Gasteiger partial charge >= 0.3 is 5.97 Å². The first kappa shape index (κ1) is 23.1. The molecule has 1 spiro atoms. The van der Waals surface area contributed by atoms with Crippen molar-refractivity contribution in [1.29, 1.82) is 0 Å². The fraction of sp³-hybridized carbons (Fsp3) is 0.552. The van der Waals surface area contributed by atoms with Crippen molar-refractivity contribution >= 4 is 22.7 Å². The zero-order chi connectivity index (χ0) is 25.1. The second kappa shape index (κ2) is 8.79. The Hall–Kier alpha value is -3.00. The van der Waals surface area contributed by atoms with Gasteiger partial charge in [-0.15, -0.1) is 0 Å². The summed E-state index contributed by atoms with van der Waals surface area (Å²) >= 11 is 0. The number of aromatic nitrogens is 3. The highest BCUT2D eigenvalue weighted by Crippen LogP contribution is 2.47. The summed E-state index contributed by atoms with van der Waals surface area (Å²) in [5.41, 5.74) is 3.65. The van der Waals surface area contributed by atoms with Crippen LogP contribution < -0.4 is 4.90 Å². The van der Waals surface area contributed by atoms with Gasteiger partial charge in [0, 0.05) is 25.0 Å². The van der Waals surface area contributed by atoms with Crippen LogP contribution >= 0.6 is 0 Å². The van der Waals surface area contributed by atoms with E-state index in [1.807, 2.05) is 0 Å². The van der Waals surface area contributed by atoms with Crippen LogP contribution in [0.25, 0.3) is 16.7 Å². The summed E-state index contributed by atoms with van der Waals surface area (Å²) in [4.78, 5) is 21.8. The number of hydrogen-bond acceptors (Lipinski definition) is 5. The molecule has 4 aliphatic rings. The minimum atomic E-state index is -1.04. The Morgan fingerprint density at radius 3 is 2.24 bits per heavy atom. The van der Waals surface area contributed by atoms with E-state index in [-0.39, 0.29) is 11.5 Å². The van der Waals surface area contributed by atoms with Crippen LogP contribution in [-0.4, -0.2) is 63.0 Å². The molecule has 0 unspecified atom stereocenters. The molecular weight excluding hydrogens is 469 g/mol. The van der Waals surface area contributed by atoms with E-state index in [1.165, 1.54) is 57.3 Å². The van der Waals surface area contributed by atoms with Crippen molar-refractivity contribution < 1.29 is 14.3 Å². The number of halogens is 1. The molecule has 0 amide bonds. The Morgan fingerprint density at radius 2 is 1.65 bits per heavy atom. The maximum absolute atomic E-state index is 13.7. The number of benzene rings is 1. The predicted molar refractivity (Wildman–Crippen MR) is 140 cm³/mol. The number of pyridine rings is 1. The number of rotatable bonds is 5. The summed E-state index contributed by atoms with van der Waals surface area (Å²) in [5.74, 6) is -1.01. The summed E-state index contributed by atoms with van der Waals surface area (Å²) in [6, 6.07) is 8.79. The van der Waals surface area contributed by atoms with Gasteiger partial charge in [-0.05, 0) is 100 Å². The summed E-state index contributed by atoms with van der Waals surface area (Å²) in [7, 11) is 0. The van der Waals surface area contributed by atoms with E-state index in [2.05, 4.69) is 14.8 Å². The molecule has 0 bridgehead atoms. The summed E-state index contributed by atoms with van der Waals surface area (Å²) in [5, 5.41) is 15.9. The van der Waals surface area contributed by atoms with E-state index in [9.17, 15) is 14.3 Å². The summed E-state index contributed by atoms with van der Waals surface area (Å²) in [6.45, 7) is 4.30.